The Morgan fingerprint density at radius 1 is 0.875 bits per heavy atom. The van der Waals surface area contributed by atoms with Gasteiger partial charge in [0.05, 0.1) is 4.58 Å². The molecule has 0 saturated carbocycles. The summed E-state index contributed by atoms with van der Waals surface area (Å²) in [6.45, 7) is 6.09. The number of carbonyl (C=O) groups is 2. The molecule has 0 amide bonds. The van der Waals surface area contributed by atoms with Crippen LogP contribution in [0.3, 0.4) is 0 Å². The third-order valence-corrected chi connectivity index (χ3v) is 4.47. The van der Waals surface area contributed by atoms with Gasteiger partial charge in [-0.2, -0.15) is 0 Å². The molecular weight excluding hydrogens is 240 g/mol. The zero-order chi connectivity index (χ0) is 12.4. The molecule has 0 aromatic heterocycles. The summed E-state index contributed by atoms with van der Waals surface area (Å²) in [4.78, 5) is 23.0. The van der Waals surface area contributed by atoms with E-state index in [4.69, 9.17) is 0 Å². The van der Waals surface area contributed by atoms with Crippen LogP contribution in [0.1, 0.15) is 59.3 Å². The highest BCUT2D eigenvalue weighted by Gasteiger charge is 2.17. The van der Waals surface area contributed by atoms with Crippen LogP contribution in [0, 0.1) is 0 Å². The lowest BCUT2D eigenvalue weighted by molar-refractivity contribution is -0.111. The molecular formula is C12H22O2S2. The Labute approximate surface area is 107 Å². The number of rotatable bonds is 8. The Bertz CT molecular complexity index is 197. The lowest BCUT2D eigenvalue weighted by Crippen LogP contribution is -2.06. The fraction of sp³-hybridized carbons (Fsp3) is 0.833. The summed E-state index contributed by atoms with van der Waals surface area (Å²) < 4.78 is 0.128. The molecule has 0 unspecified atom stereocenters. The molecule has 2 nitrogen and oxygen atoms in total. The maximum Gasteiger partial charge on any atom is 0.190 e. The molecule has 0 atom stereocenters. The predicted molar refractivity (Wildman–Crippen MR) is 73.7 cm³/mol. The minimum Gasteiger partial charge on any atom is -0.287 e. The average Bonchev–Trinajstić information content (AvgIpc) is 2.18. The number of hydrogen-bond acceptors (Lipinski definition) is 4. The Kier molecular flexibility index (Phi) is 10.2. The van der Waals surface area contributed by atoms with Crippen molar-refractivity contribution < 1.29 is 9.59 Å². The van der Waals surface area contributed by atoms with E-state index in [1.165, 1.54) is 23.5 Å². The summed E-state index contributed by atoms with van der Waals surface area (Å²) >= 11 is 2.70. The zero-order valence-electron chi connectivity index (χ0n) is 10.5. The van der Waals surface area contributed by atoms with Crippen LogP contribution in [0.2, 0.25) is 0 Å². The summed E-state index contributed by atoms with van der Waals surface area (Å²) in [5.41, 5.74) is 0. The molecule has 16 heavy (non-hydrogen) atoms. The molecule has 0 spiro atoms. The van der Waals surface area contributed by atoms with Crippen molar-refractivity contribution in [3.63, 3.8) is 0 Å². The van der Waals surface area contributed by atoms with Crippen molar-refractivity contribution in [2.45, 2.75) is 63.9 Å². The van der Waals surface area contributed by atoms with Gasteiger partial charge in [-0.15, -0.1) is 0 Å². The molecule has 0 radical (unpaired) electrons. The highest BCUT2D eigenvalue weighted by molar-refractivity contribution is 8.29. The van der Waals surface area contributed by atoms with E-state index < -0.39 is 0 Å². The fourth-order valence-electron chi connectivity index (χ4n) is 1.20. The van der Waals surface area contributed by atoms with Crippen LogP contribution in [0.5, 0.6) is 0 Å². The first kappa shape index (κ1) is 16.0. The Hall–Kier alpha value is 0.0400. The van der Waals surface area contributed by atoms with Gasteiger partial charge < -0.3 is 0 Å². The summed E-state index contributed by atoms with van der Waals surface area (Å²) in [5.74, 6) is 0. The van der Waals surface area contributed by atoms with Gasteiger partial charge in [0.1, 0.15) is 0 Å². The van der Waals surface area contributed by atoms with E-state index in [1.807, 2.05) is 13.8 Å². The molecule has 94 valence electrons. The predicted octanol–water partition coefficient (Wildman–Crippen LogP) is 4.23. The first-order chi connectivity index (χ1) is 7.63. The molecule has 0 aromatic rings. The van der Waals surface area contributed by atoms with Gasteiger partial charge in [0, 0.05) is 12.8 Å². The van der Waals surface area contributed by atoms with E-state index in [0.29, 0.717) is 12.8 Å². The number of hydrogen-bond donors (Lipinski definition) is 0. The van der Waals surface area contributed by atoms with Crippen LogP contribution in [0.15, 0.2) is 0 Å². The minimum absolute atomic E-state index is 0.128. The lowest BCUT2D eigenvalue weighted by atomic mass is 10.4. The van der Waals surface area contributed by atoms with Crippen molar-refractivity contribution in [3.8, 4) is 0 Å². The molecule has 0 aliphatic heterocycles. The second kappa shape index (κ2) is 10.2. The zero-order valence-corrected chi connectivity index (χ0v) is 12.1. The van der Waals surface area contributed by atoms with Gasteiger partial charge in [-0.05, 0) is 19.3 Å². The SMILES string of the molecule is CCCC(=O)SC(CCC)SC(=O)CCC. The maximum absolute atomic E-state index is 11.5. The van der Waals surface area contributed by atoms with Gasteiger partial charge in [0.15, 0.2) is 10.2 Å². The monoisotopic (exact) mass is 262 g/mol. The van der Waals surface area contributed by atoms with Gasteiger partial charge in [-0.25, -0.2) is 0 Å². The maximum atomic E-state index is 11.5. The first-order valence-corrected chi connectivity index (χ1v) is 7.78. The quantitative estimate of drug-likeness (QED) is 0.613. The molecule has 0 aliphatic carbocycles. The smallest absolute Gasteiger partial charge is 0.190 e. The molecule has 4 heteroatoms. The Morgan fingerprint density at radius 2 is 1.31 bits per heavy atom. The largest absolute Gasteiger partial charge is 0.287 e. The molecule has 0 bridgehead atoms. The van der Waals surface area contributed by atoms with Crippen LogP contribution in [-0.4, -0.2) is 14.8 Å². The number of thioether (sulfide) groups is 2. The lowest BCUT2D eigenvalue weighted by Gasteiger charge is -2.12. The van der Waals surface area contributed by atoms with Crippen molar-refractivity contribution in [2.24, 2.45) is 0 Å². The van der Waals surface area contributed by atoms with E-state index in [0.717, 1.165) is 25.7 Å². The van der Waals surface area contributed by atoms with Gasteiger partial charge in [0.2, 0.25) is 0 Å². The van der Waals surface area contributed by atoms with E-state index >= 15 is 0 Å². The van der Waals surface area contributed by atoms with E-state index in [-0.39, 0.29) is 14.8 Å². The number of carbonyl (C=O) groups excluding carboxylic acids is 2. The highest BCUT2D eigenvalue weighted by atomic mass is 32.2. The summed E-state index contributed by atoms with van der Waals surface area (Å²) in [6.07, 6.45) is 4.96. The molecule has 0 fully saturated rings. The molecule has 0 aromatic carbocycles. The normalized spacial score (nSPS) is 10.8. The first-order valence-electron chi connectivity index (χ1n) is 6.02. The van der Waals surface area contributed by atoms with Gasteiger partial charge in [-0.3, -0.25) is 9.59 Å². The molecule has 0 saturated heterocycles. The van der Waals surface area contributed by atoms with Crippen LogP contribution in [0.4, 0.5) is 0 Å². The van der Waals surface area contributed by atoms with Crippen LogP contribution in [0.25, 0.3) is 0 Å². The van der Waals surface area contributed by atoms with E-state index in [1.54, 1.807) is 0 Å². The second-order valence-electron chi connectivity index (χ2n) is 3.70. The second-order valence-corrected chi connectivity index (χ2v) is 6.52. The Balaban J connectivity index is 4.05. The molecule has 0 rings (SSSR count). The van der Waals surface area contributed by atoms with E-state index in [2.05, 4.69) is 6.92 Å². The average molecular weight is 262 g/mol. The summed E-state index contributed by atoms with van der Waals surface area (Å²) in [7, 11) is 0. The summed E-state index contributed by atoms with van der Waals surface area (Å²) in [5, 5.41) is 0.440. The van der Waals surface area contributed by atoms with Gasteiger partial charge in [-0.1, -0.05) is 50.7 Å². The fourth-order valence-corrected chi connectivity index (χ4v) is 3.97. The minimum atomic E-state index is 0.128. The standard InChI is InChI=1S/C12H22O2S2/c1-4-7-10(13)15-12(9-6-3)16-11(14)8-5-2/h12H,4-9H2,1-3H3. The molecule has 0 heterocycles. The van der Waals surface area contributed by atoms with Crippen LogP contribution < -0.4 is 0 Å². The van der Waals surface area contributed by atoms with Gasteiger partial charge >= 0.3 is 0 Å². The molecule has 0 N–H and O–H groups in total. The van der Waals surface area contributed by atoms with Crippen molar-refractivity contribution in [3.05, 3.63) is 0 Å². The van der Waals surface area contributed by atoms with Crippen LogP contribution in [-0.2, 0) is 9.59 Å². The van der Waals surface area contributed by atoms with Crippen LogP contribution >= 0.6 is 23.5 Å². The third-order valence-electron chi connectivity index (χ3n) is 1.96. The van der Waals surface area contributed by atoms with E-state index in [9.17, 15) is 9.59 Å². The van der Waals surface area contributed by atoms with Crippen molar-refractivity contribution in [1.82, 2.24) is 0 Å². The van der Waals surface area contributed by atoms with Crippen molar-refractivity contribution in [1.29, 1.82) is 0 Å². The Morgan fingerprint density at radius 3 is 1.62 bits per heavy atom. The highest BCUT2D eigenvalue weighted by Crippen LogP contribution is 2.31. The topological polar surface area (TPSA) is 34.1 Å². The van der Waals surface area contributed by atoms with Gasteiger partial charge in [0.25, 0.3) is 0 Å². The molecule has 0 aliphatic rings. The summed E-state index contributed by atoms with van der Waals surface area (Å²) in [6, 6.07) is 0. The van der Waals surface area contributed by atoms with Crippen molar-refractivity contribution >= 4 is 33.8 Å². The third kappa shape index (κ3) is 8.22. The van der Waals surface area contributed by atoms with Crippen molar-refractivity contribution in [2.75, 3.05) is 0 Å².